The third kappa shape index (κ3) is 3.61. The molecule has 0 heterocycles. The van der Waals surface area contributed by atoms with Crippen LogP contribution in [0.25, 0.3) is 0 Å². The van der Waals surface area contributed by atoms with Gasteiger partial charge in [0.25, 0.3) is 0 Å². The van der Waals surface area contributed by atoms with Crippen LogP contribution in [-0.4, -0.2) is 17.0 Å². The summed E-state index contributed by atoms with van der Waals surface area (Å²) >= 11 is 5.52. The molecule has 0 amide bonds. The predicted molar refractivity (Wildman–Crippen MR) is 56.4 cm³/mol. The molecule has 2 nitrogen and oxygen atoms in total. The Bertz CT molecular complexity index is 364. The summed E-state index contributed by atoms with van der Waals surface area (Å²) in [4.78, 5) is 10.3. The lowest BCUT2D eigenvalue weighted by molar-refractivity contribution is -0.111. The summed E-state index contributed by atoms with van der Waals surface area (Å²) in [5.74, 6) is -0.518. The molecule has 0 aliphatic heterocycles. The number of hydrogen-bond acceptors (Lipinski definition) is 2. The zero-order valence-electron chi connectivity index (χ0n) is 8.34. The summed E-state index contributed by atoms with van der Waals surface area (Å²) < 4.78 is 13.1. The first kappa shape index (κ1) is 12.1. The Balaban J connectivity index is 2.80. The first-order valence-corrected chi connectivity index (χ1v) is 4.92. The van der Waals surface area contributed by atoms with Gasteiger partial charge in [-0.25, -0.2) is 4.39 Å². The van der Waals surface area contributed by atoms with E-state index in [0.717, 1.165) is 0 Å². The molecular formula is C11H12ClFO2. The first-order chi connectivity index (χ1) is 6.94. The van der Waals surface area contributed by atoms with Crippen LogP contribution in [0.5, 0.6) is 0 Å². The molecular weight excluding hydrogens is 219 g/mol. The topological polar surface area (TPSA) is 37.3 Å². The molecule has 0 aliphatic carbocycles. The van der Waals surface area contributed by atoms with Crippen LogP contribution in [0, 0.1) is 5.82 Å². The van der Waals surface area contributed by atoms with Gasteiger partial charge in [0.2, 0.25) is 0 Å². The highest BCUT2D eigenvalue weighted by Crippen LogP contribution is 2.20. The second-order valence-corrected chi connectivity index (χ2v) is 4.20. The van der Waals surface area contributed by atoms with E-state index < -0.39 is 11.4 Å². The monoisotopic (exact) mass is 230 g/mol. The zero-order valence-corrected chi connectivity index (χ0v) is 9.09. The van der Waals surface area contributed by atoms with E-state index in [4.69, 9.17) is 11.6 Å². The van der Waals surface area contributed by atoms with Crippen LogP contribution in [0.3, 0.4) is 0 Å². The molecule has 0 saturated heterocycles. The van der Waals surface area contributed by atoms with Crippen LogP contribution in [0.15, 0.2) is 18.2 Å². The number of benzene rings is 1. The number of hydrogen-bond donors (Lipinski definition) is 1. The van der Waals surface area contributed by atoms with Crippen molar-refractivity contribution >= 4 is 17.9 Å². The lowest BCUT2D eigenvalue weighted by atomic mass is 9.94. The molecule has 0 fully saturated rings. The van der Waals surface area contributed by atoms with Crippen molar-refractivity contribution in [1.29, 1.82) is 0 Å². The van der Waals surface area contributed by atoms with E-state index in [9.17, 15) is 14.3 Å². The van der Waals surface area contributed by atoms with E-state index >= 15 is 0 Å². The molecule has 1 aromatic carbocycles. The summed E-state index contributed by atoms with van der Waals surface area (Å²) in [5.41, 5.74) is -0.522. The second-order valence-electron chi connectivity index (χ2n) is 3.79. The molecule has 0 saturated carbocycles. The molecule has 82 valence electrons. The highest BCUT2D eigenvalue weighted by atomic mass is 35.5. The van der Waals surface area contributed by atoms with Gasteiger partial charge in [0, 0.05) is 12.8 Å². The number of halogens is 2. The van der Waals surface area contributed by atoms with E-state index in [1.165, 1.54) is 19.1 Å². The Morgan fingerprint density at radius 3 is 2.80 bits per heavy atom. The number of aliphatic hydroxyl groups is 1. The SMILES string of the molecule is CC(O)(CC=O)Cc1ccc(Cl)c(F)c1. The van der Waals surface area contributed by atoms with E-state index in [2.05, 4.69) is 0 Å². The van der Waals surface area contributed by atoms with E-state index in [0.29, 0.717) is 11.8 Å². The number of aldehydes is 1. The Morgan fingerprint density at radius 1 is 1.60 bits per heavy atom. The lowest BCUT2D eigenvalue weighted by Gasteiger charge is -2.20. The van der Waals surface area contributed by atoms with Crippen molar-refractivity contribution in [3.8, 4) is 0 Å². The van der Waals surface area contributed by atoms with Crippen LogP contribution in [-0.2, 0) is 11.2 Å². The summed E-state index contributed by atoms with van der Waals surface area (Å²) in [6.07, 6.45) is 0.892. The normalized spacial score (nSPS) is 14.7. The fourth-order valence-corrected chi connectivity index (χ4v) is 1.46. The van der Waals surface area contributed by atoms with Crippen molar-refractivity contribution in [2.45, 2.75) is 25.4 Å². The van der Waals surface area contributed by atoms with Gasteiger partial charge in [-0.05, 0) is 24.6 Å². The van der Waals surface area contributed by atoms with Crippen molar-refractivity contribution in [2.75, 3.05) is 0 Å². The van der Waals surface area contributed by atoms with Gasteiger partial charge >= 0.3 is 0 Å². The maximum atomic E-state index is 13.1. The summed E-state index contributed by atoms with van der Waals surface area (Å²) in [7, 11) is 0. The van der Waals surface area contributed by atoms with Crippen LogP contribution < -0.4 is 0 Å². The van der Waals surface area contributed by atoms with Crippen LogP contribution >= 0.6 is 11.6 Å². The van der Waals surface area contributed by atoms with Crippen molar-refractivity contribution < 1.29 is 14.3 Å². The van der Waals surface area contributed by atoms with Crippen molar-refractivity contribution in [2.24, 2.45) is 0 Å². The van der Waals surface area contributed by atoms with Crippen molar-refractivity contribution in [3.63, 3.8) is 0 Å². The van der Waals surface area contributed by atoms with Crippen molar-refractivity contribution in [1.82, 2.24) is 0 Å². The van der Waals surface area contributed by atoms with Gasteiger partial charge in [-0.1, -0.05) is 17.7 Å². The zero-order chi connectivity index (χ0) is 11.5. The standard InChI is InChI=1S/C11H12ClFO2/c1-11(15,4-5-14)7-8-2-3-9(12)10(13)6-8/h2-3,5-6,15H,4,7H2,1H3. The molecule has 4 heteroatoms. The number of rotatable bonds is 4. The van der Waals surface area contributed by atoms with Crippen molar-refractivity contribution in [3.05, 3.63) is 34.6 Å². The predicted octanol–water partition coefficient (Wildman–Crippen LogP) is 2.36. The molecule has 1 unspecified atom stereocenters. The summed E-state index contributed by atoms with van der Waals surface area (Å²) in [5, 5.41) is 9.79. The highest BCUT2D eigenvalue weighted by molar-refractivity contribution is 6.30. The molecule has 1 rings (SSSR count). The Hall–Kier alpha value is -0.930. The summed E-state index contributed by atoms with van der Waals surface area (Å²) in [6.45, 7) is 1.54. The molecule has 1 atom stereocenters. The maximum Gasteiger partial charge on any atom is 0.142 e. The third-order valence-electron chi connectivity index (χ3n) is 2.09. The van der Waals surface area contributed by atoms with Gasteiger partial charge in [0.1, 0.15) is 12.1 Å². The Kier molecular flexibility index (Phi) is 3.83. The van der Waals surface area contributed by atoms with Gasteiger partial charge in [-0.15, -0.1) is 0 Å². The molecule has 0 radical (unpaired) electrons. The van der Waals surface area contributed by atoms with Gasteiger partial charge in [-0.3, -0.25) is 0 Å². The van der Waals surface area contributed by atoms with Gasteiger partial charge in [0.05, 0.1) is 10.6 Å². The van der Waals surface area contributed by atoms with E-state index in [-0.39, 0.29) is 17.9 Å². The number of carbonyl (C=O) groups excluding carboxylic acids is 1. The smallest absolute Gasteiger partial charge is 0.142 e. The molecule has 15 heavy (non-hydrogen) atoms. The minimum absolute atomic E-state index is 0.0250. The molecule has 0 aliphatic rings. The third-order valence-corrected chi connectivity index (χ3v) is 2.40. The Morgan fingerprint density at radius 2 is 2.27 bits per heavy atom. The fourth-order valence-electron chi connectivity index (χ4n) is 1.34. The molecule has 0 bridgehead atoms. The van der Waals surface area contributed by atoms with E-state index in [1.807, 2.05) is 0 Å². The maximum absolute atomic E-state index is 13.1. The largest absolute Gasteiger partial charge is 0.389 e. The van der Waals surface area contributed by atoms with Crippen LogP contribution in [0.2, 0.25) is 5.02 Å². The second kappa shape index (κ2) is 4.73. The van der Waals surface area contributed by atoms with Gasteiger partial charge < -0.3 is 9.90 Å². The lowest BCUT2D eigenvalue weighted by Crippen LogP contribution is -2.27. The quantitative estimate of drug-likeness (QED) is 0.807. The number of carbonyl (C=O) groups is 1. The minimum atomic E-state index is -1.14. The molecule has 1 aromatic rings. The first-order valence-electron chi connectivity index (χ1n) is 4.54. The average molecular weight is 231 g/mol. The molecule has 0 spiro atoms. The van der Waals surface area contributed by atoms with Gasteiger partial charge in [-0.2, -0.15) is 0 Å². The highest BCUT2D eigenvalue weighted by Gasteiger charge is 2.20. The van der Waals surface area contributed by atoms with Crippen LogP contribution in [0.1, 0.15) is 18.9 Å². The van der Waals surface area contributed by atoms with Crippen LogP contribution in [0.4, 0.5) is 4.39 Å². The summed E-state index contributed by atoms with van der Waals surface area (Å²) in [6, 6.07) is 4.33. The average Bonchev–Trinajstić information content (AvgIpc) is 2.10. The van der Waals surface area contributed by atoms with Gasteiger partial charge in [0.15, 0.2) is 0 Å². The molecule has 1 N–H and O–H groups in total. The van der Waals surface area contributed by atoms with E-state index in [1.54, 1.807) is 6.07 Å². The fraction of sp³-hybridized carbons (Fsp3) is 0.364. The molecule has 0 aromatic heterocycles. The Labute approximate surface area is 92.7 Å². The minimum Gasteiger partial charge on any atom is -0.389 e.